The van der Waals surface area contributed by atoms with E-state index >= 15 is 0 Å². The van der Waals surface area contributed by atoms with Crippen molar-refractivity contribution in [1.29, 1.82) is 0 Å². The highest BCUT2D eigenvalue weighted by Crippen LogP contribution is 2.36. The van der Waals surface area contributed by atoms with E-state index in [1.807, 2.05) is 5.01 Å². The molecule has 152 valence electrons. The molecule has 0 amide bonds. The monoisotopic (exact) mass is 414 g/mol. The summed E-state index contributed by atoms with van der Waals surface area (Å²) in [5.74, 6) is 0.337. The van der Waals surface area contributed by atoms with E-state index in [0.29, 0.717) is 42.8 Å². The SMILES string of the molecule is CC1CCc2nc3sc(/C([O-])=N/c4c[n+](N5CCOCC5)no4)c(N)c3cc2C1. The van der Waals surface area contributed by atoms with Crippen molar-refractivity contribution in [1.82, 2.24) is 10.3 Å². The highest BCUT2D eigenvalue weighted by Gasteiger charge is 2.23. The molecule has 1 atom stereocenters. The molecule has 2 N–H and O–H groups in total. The zero-order chi connectivity index (χ0) is 20.0. The number of fused-ring (bicyclic) bond motifs is 2. The van der Waals surface area contributed by atoms with Crippen LogP contribution in [0.5, 0.6) is 0 Å². The molecular formula is C19H22N6O3S. The van der Waals surface area contributed by atoms with Crippen LogP contribution in [0.4, 0.5) is 11.6 Å². The van der Waals surface area contributed by atoms with Crippen molar-refractivity contribution in [2.75, 3.05) is 37.0 Å². The number of morpholine rings is 1. The van der Waals surface area contributed by atoms with Gasteiger partial charge in [0.1, 0.15) is 4.83 Å². The molecule has 10 heteroatoms. The van der Waals surface area contributed by atoms with E-state index < -0.39 is 5.90 Å². The Labute approximate surface area is 171 Å². The second-order valence-corrected chi connectivity index (χ2v) is 8.58. The largest absolute Gasteiger partial charge is 0.857 e. The van der Waals surface area contributed by atoms with E-state index in [2.05, 4.69) is 23.3 Å². The molecular weight excluding hydrogens is 392 g/mol. The lowest BCUT2D eigenvalue weighted by atomic mass is 9.87. The van der Waals surface area contributed by atoms with Crippen molar-refractivity contribution in [3.05, 3.63) is 28.4 Å². The van der Waals surface area contributed by atoms with E-state index in [-0.39, 0.29) is 5.88 Å². The molecule has 1 unspecified atom stereocenters. The number of ether oxygens (including phenoxy) is 1. The Morgan fingerprint density at radius 1 is 1.41 bits per heavy atom. The lowest BCUT2D eigenvalue weighted by Crippen LogP contribution is -2.62. The molecule has 9 nitrogen and oxygen atoms in total. The Balaban J connectivity index is 1.45. The Morgan fingerprint density at radius 2 is 2.24 bits per heavy atom. The van der Waals surface area contributed by atoms with Crippen LogP contribution in [0.25, 0.3) is 10.2 Å². The number of nitrogens with two attached hydrogens (primary N) is 1. The topological polar surface area (TPSA) is 117 Å². The van der Waals surface area contributed by atoms with Crippen LogP contribution in [-0.2, 0) is 17.6 Å². The second-order valence-electron chi connectivity index (χ2n) is 7.58. The Kier molecular flexibility index (Phi) is 4.59. The van der Waals surface area contributed by atoms with Crippen LogP contribution in [0.1, 0.15) is 29.5 Å². The number of pyridine rings is 1. The predicted octanol–water partition coefficient (Wildman–Crippen LogP) is 0.686. The van der Waals surface area contributed by atoms with Crippen molar-refractivity contribution in [2.24, 2.45) is 10.9 Å². The Bertz CT molecular complexity index is 1090. The first-order valence-electron chi connectivity index (χ1n) is 9.77. The summed E-state index contributed by atoms with van der Waals surface area (Å²) >= 11 is 1.28. The number of rotatable bonds is 3. The molecule has 1 saturated heterocycles. The molecule has 1 aliphatic heterocycles. The van der Waals surface area contributed by atoms with E-state index in [0.717, 1.165) is 35.2 Å². The molecule has 0 radical (unpaired) electrons. The van der Waals surface area contributed by atoms with Crippen LogP contribution in [0.2, 0.25) is 0 Å². The molecule has 4 heterocycles. The number of nitrogen functional groups attached to an aromatic ring is 1. The average molecular weight is 414 g/mol. The third-order valence-corrected chi connectivity index (χ3v) is 6.56. The molecule has 5 rings (SSSR count). The summed E-state index contributed by atoms with van der Waals surface area (Å²) in [6, 6.07) is 2.09. The number of aromatic nitrogens is 3. The van der Waals surface area contributed by atoms with Gasteiger partial charge in [-0.1, -0.05) is 6.92 Å². The minimum Gasteiger partial charge on any atom is -0.857 e. The zero-order valence-corrected chi connectivity index (χ0v) is 16.9. The molecule has 0 saturated carbocycles. The van der Waals surface area contributed by atoms with Gasteiger partial charge in [-0.15, -0.1) is 16.3 Å². The number of aryl methyl sites for hydroxylation is 1. The fraction of sp³-hybridized carbons (Fsp3) is 0.474. The van der Waals surface area contributed by atoms with Gasteiger partial charge in [0, 0.05) is 17.0 Å². The van der Waals surface area contributed by atoms with Crippen LogP contribution in [0.15, 0.2) is 21.8 Å². The van der Waals surface area contributed by atoms with Crippen molar-refractivity contribution in [3.63, 3.8) is 0 Å². The third-order valence-electron chi connectivity index (χ3n) is 5.46. The summed E-state index contributed by atoms with van der Waals surface area (Å²) in [5.41, 5.74) is 9.09. The normalized spacial score (nSPS) is 20.2. The maximum Gasteiger partial charge on any atom is 0.324 e. The fourth-order valence-corrected chi connectivity index (χ4v) is 4.83. The summed E-state index contributed by atoms with van der Waals surface area (Å²) in [5, 5.41) is 19.5. The van der Waals surface area contributed by atoms with Gasteiger partial charge in [-0.25, -0.2) is 9.98 Å². The zero-order valence-electron chi connectivity index (χ0n) is 16.1. The van der Waals surface area contributed by atoms with Gasteiger partial charge in [0.2, 0.25) is 5.27 Å². The molecule has 29 heavy (non-hydrogen) atoms. The number of aliphatic imine (C=N–C) groups is 1. The number of hydrogen-bond donors (Lipinski definition) is 1. The fourth-order valence-electron chi connectivity index (χ4n) is 3.85. The number of nitrogens with zero attached hydrogens (tertiary/aromatic N) is 5. The lowest BCUT2D eigenvalue weighted by Gasteiger charge is -2.20. The van der Waals surface area contributed by atoms with Gasteiger partial charge in [0.15, 0.2) is 0 Å². The van der Waals surface area contributed by atoms with Crippen molar-refractivity contribution in [2.45, 2.75) is 26.2 Å². The molecule has 2 aliphatic rings. The summed E-state index contributed by atoms with van der Waals surface area (Å²) in [6.45, 7) is 4.89. The molecule has 1 fully saturated rings. The quantitative estimate of drug-likeness (QED) is 0.381. The minimum atomic E-state index is -0.442. The number of anilines is 1. The van der Waals surface area contributed by atoms with E-state index in [9.17, 15) is 5.11 Å². The molecule has 1 aliphatic carbocycles. The smallest absolute Gasteiger partial charge is 0.324 e. The average Bonchev–Trinajstić information content (AvgIpc) is 3.32. The summed E-state index contributed by atoms with van der Waals surface area (Å²) < 4.78 is 10.5. The first-order chi connectivity index (χ1) is 14.1. The number of hydrogen-bond acceptors (Lipinski definition) is 9. The van der Waals surface area contributed by atoms with Crippen LogP contribution in [-0.4, -0.2) is 42.5 Å². The highest BCUT2D eigenvalue weighted by atomic mass is 32.1. The van der Waals surface area contributed by atoms with Crippen molar-refractivity contribution >= 4 is 39.0 Å². The van der Waals surface area contributed by atoms with Gasteiger partial charge in [0.05, 0.1) is 41.7 Å². The Morgan fingerprint density at radius 3 is 3.07 bits per heavy atom. The maximum atomic E-state index is 12.8. The molecule has 3 aromatic rings. The van der Waals surface area contributed by atoms with Crippen LogP contribution < -0.4 is 20.6 Å². The molecule has 0 aromatic carbocycles. The van der Waals surface area contributed by atoms with E-state index in [1.165, 1.54) is 16.9 Å². The standard InChI is InChI=1S/C19H22N6O3S/c1-11-2-3-14-12(8-11)9-13-16(20)17(29-19(13)21-14)18(26)22-15-10-25(23-28-15)24-4-6-27-7-5-24/h9-11H,2-8H2,1H3,(H2-,20,22,23,26). The van der Waals surface area contributed by atoms with Gasteiger partial charge in [0.25, 0.3) is 6.20 Å². The third kappa shape index (κ3) is 3.42. The molecule has 0 bridgehead atoms. The highest BCUT2D eigenvalue weighted by molar-refractivity contribution is 7.21. The minimum absolute atomic E-state index is 0.138. The van der Waals surface area contributed by atoms with Gasteiger partial charge < -0.3 is 15.6 Å². The Hall–Kier alpha value is -2.72. The lowest BCUT2D eigenvalue weighted by molar-refractivity contribution is -0.759. The summed E-state index contributed by atoms with van der Waals surface area (Å²) in [7, 11) is 0. The first kappa shape index (κ1) is 18.3. The van der Waals surface area contributed by atoms with Crippen molar-refractivity contribution in [3.8, 4) is 0 Å². The second kappa shape index (κ2) is 7.27. The van der Waals surface area contributed by atoms with Gasteiger partial charge in [-0.3, -0.25) is 4.52 Å². The van der Waals surface area contributed by atoms with E-state index in [4.69, 9.17) is 20.0 Å². The van der Waals surface area contributed by atoms with Crippen LogP contribution in [0.3, 0.4) is 0 Å². The van der Waals surface area contributed by atoms with Gasteiger partial charge >= 0.3 is 5.88 Å². The summed E-state index contributed by atoms with van der Waals surface area (Å²) in [4.78, 5) is 11.6. The van der Waals surface area contributed by atoms with Crippen LogP contribution >= 0.6 is 11.3 Å². The summed E-state index contributed by atoms with van der Waals surface area (Å²) in [6.07, 6.45) is 4.70. The van der Waals surface area contributed by atoms with Gasteiger partial charge in [-0.2, -0.15) is 0 Å². The van der Waals surface area contributed by atoms with Gasteiger partial charge in [-0.05, 0) is 36.8 Å². The van der Waals surface area contributed by atoms with Crippen molar-refractivity contribution < 1.29 is 19.2 Å². The predicted molar refractivity (Wildman–Crippen MR) is 107 cm³/mol. The van der Waals surface area contributed by atoms with E-state index in [1.54, 1.807) is 11.0 Å². The molecule has 3 aromatic heterocycles. The first-order valence-corrected chi connectivity index (χ1v) is 10.6. The maximum absolute atomic E-state index is 12.8. The number of thiophene rings is 1. The van der Waals surface area contributed by atoms with Crippen LogP contribution in [0, 0.1) is 5.92 Å². The molecule has 0 spiro atoms.